The first-order valence-corrected chi connectivity index (χ1v) is 18.3. The van der Waals surface area contributed by atoms with Gasteiger partial charge in [0.15, 0.2) is 0 Å². The van der Waals surface area contributed by atoms with E-state index < -0.39 is 17.7 Å². The van der Waals surface area contributed by atoms with Crippen molar-refractivity contribution in [2.24, 2.45) is 0 Å². The molecule has 0 saturated carbocycles. The van der Waals surface area contributed by atoms with E-state index in [-0.39, 0.29) is 24.0 Å². The Kier molecular flexibility index (Phi) is 10.1. The van der Waals surface area contributed by atoms with Crippen molar-refractivity contribution in [2.75, 3.05) is 26.2 Å². The number of aromatic hydroxyl groups is 1. The Balaban J connectivity index is 0.868. The number of esters is 1. The van der Waals surface area contributed by atoms with Crippen molar-refractivity contribution in [2.45, 2.75) is 50.2 Å². The smallest absolute Gasteiger partial charge is 0.349 e. The van der Waals surface area contributed by atoms with Crippen LogP contribution in [0.4, 0.5) is 0 Å². The van der Waals surface area contributed by atoms with Gasteiger partial charge in [0.25, 0.3) is 0 Å². The molecular formula is C36H38N6O6S2. The Bertz CT molecular complexity index is 2090. The Morgan fingerprint density at radius 3 is 2.52 bits per heavy atom. The molecule has 0 aliphatic carbocycles. The number of carbonyl (C=O) groups excluding carboxylic acids is 1. The monoisotopic (exact) mass is 714 g/mol. The molecular weight excluding hydrogens is 677 g/mol. The van der Waals surface area contributed by atoms with Gasteiger partial charge in [0.05, 0.1) is 26.9 Å². The third kappa shape index (κ3) is 7.08. The van der Waals surface area contributed by atoms with Crippen LogP contribution in [0.5, 0.6) is 5.75 Å². The summed E-state index contributed by atoms with van der Waals surface area (Å²) in [6.45, 7) is 4.00. The lowest BCUT2D eigenvalue weighted by Gasteiger charge is -2.33. The van der Waals surface area contributed by atoms with Gasteiger partial charge in [-0.2, -0.15) is 0 Å². The SMILES string of the molecule is O=C(OC1CCN(CCCn2nnc3cc(CNC[C@H](O)c4ccc(O)c5[nH]c(=O)ccc45)ccc32)CC1)C(O)(c1cccs1)c1cccs1. The molecule has 0 radical (unpaired) electrons. The molecule has 0 bridgehead atoms. The highest BCUT2D eigenvalue weighted by Gasteiger charge is 2.45. The van der Waals surface area contributed by atoms with Crippen molar-refractivity contribution in [3.05, 3.63) is 109 Å². The molecule has 0 unspecified atom stereocenters. The Hall–Kier alpha value is -4.44. The molecule has 1 fully saturated rings. The van der Waals surface area contributed by atoms with E-state index in [9.17, 15) is 24.9 Å². The summed E-state index contributed by atoms with van der Waals surface area (Å²) >= 11 is 2.69. The molecule has 12 nitrogen and oxygen atoms in total. The van der Waals surface area contributed by atoms with E-state index in [0.29, 0.717) is 45.6 Å². The van der Waals surface area contributed by atoms with Gasteiger partial charge in [0, 0.05) is 44.2 Å². The Morgan fingerprint density at radius 2 is 1.80 bits per heavy atom. The molecule has 1 aliphatic rings. The van der Waals surface area contributed by atoms with E-state index in [1.807, 2.05) is 45.8 Å². The van der Waals surface area contributed by atoms with Crippen molar-refractivity contribution in [1.82, 2.24) is 30.2 Å². The normalized spacial score (nSPS) is 15.2. The molecule has 7 rings (SSSR count). The lowest BCUT2D eigenvalue weighted by molar-refractivity contribution is -0.169. The van der Waals surface area contributed by atoms with Crippen LogP contribution in [0.3, 0.4) is 0 Å². The van der Waals surface area contributed by atoms with E-state index in [1.54, 1.807) is 24.3 Å². The highest BCUT2D eigenvalue weighted by Crippen LogP contribution is 2.37. The number of pyridine rings is 1. The fourth-order valence-electron chi connectivity index (χ4n) is 6.53. The van der Waals surface area contributed by atoms with E-state index in [1.165, 1.54) is 34.8 Å². The van der Waals surface area contributed by atoms with Crippen LogP contribution in [0.1, 0.15) is 46.2 Å². The number of hydrogen-bond acceptors (Lipinski definition) is 12. The average molecular weight is 715 g/mol. The second kappa shape index (κ2) is 14.8. The summed E-state index contributed by atoms with van der Waals surface area (Å²) in [5, 5.41) is 48.8. The number of fused-ring (bicyclic) bond motifs is 2. The second-order valence-electron chi connectivity index (χ2n) is 12.5. The maximum absolute atomic E-state index is 13.3. The van der Waals surface area contributed by atoms with Gasteiger partial charge in [0.2, 0.25) is 11.2 Å². The van der Waals surface area contributed by atoms with Crippen LogP contribution >= 0.6 is 22.7 Å². The van der Waals surface area contributed by atoms with Crippen molar-refractivity contribution in [3.63, 3.8) is 0 Å². The number of piperidine rings is 1. The van der Waals surface area contributed by atoms with Gasteiger partial charge in [-0.15, -0.1) is 27.8 Å². The van der Waals surface area contributed by atoms with Crippen LogP contribution < -0.4 is 10.9 Å². The molecule has 5 heterocycles. The van der Waals surface area contributed by atoms with Crippen molar-refractivity contribution >= 4 is 50.6 Å². The molecule has 6 aromatic rings. The van der Waals surface area contributed by atoms with E-state index in [0.717, 1.165) is 49.2 Å². The number of aliphatic hydroxyl groups is 2. The topological polar surface area (TPSA) is 166 Å². The number of carbonyl (C=O) groups is 1. The van der Waals surface area contributed by atoms with Crippen molar-refractivity contribution in [1.29, 1.82) is 0 Å². The summed E-state index contributed by atoms with van der Waals surface area (Å²) in [7, 11) is 0. The number of likely N-dealkylation sites (tertiary alicyclic amines) is 1. The van der Waals surface area contributed by atoms with Gasteiger partial charge in [0.1, 0.15) is 17.4 Å². The first kappa shape index (κ1) is 34.0. The molecule has 1 aliphatic heterocycles. The first-order valence-electron chi connectivity index (χ1n) is 16.6. The summed E-state index contributed by atoms with van der Waals surface area (Å²) in [4.78, 5) is 31.1. The molecule has 0 amide bonds. The predicted octanol–water partition coefficient (Wildman–Crippen LogP) is 4.26. The van der Waals surface area contributed by atoms with Crippen LogP contribution in [-0.2, 0) is 28.2 Å². The lowest BCUT2D eigenvalue weighted by Crippen LogP contribution is -2.43. The highest BCUT2D eigenvalue weighted by atomic mass is 32.1. The van der Waals surface area contributed by atoms with Gasteiger partial charge in [-0.05, 0) is 84.1 Å². The standard InChI is InChI=1S/C36H38N6O6S2/c43-29-10-7-25(26-8-11-33(45)38-34(26)29)30(44)22-37-21-23-6-9-28-27(20-23)39-40-42(28)15-3-14-41-16-12-24(13-17-41)48-35(46)36(47,31-4-1-18-49-31)32-5-2-19-50-32/h1-2,4-11,18-20,24,30,37,43-44,47H,3,12-17,21-22H2,(H,38,45)/t30-/m0/s1. The highest BCUT2D eigenvalue weighted by molar-refractivity contribution is 7.12. The minimum Gasteiger partial charge on any atom is -0.506 e. The molecule has 5 N–H and O–H groups in total. The Labute approximate surface area is 295 Å². The number of aryl methyl sites for hydroxylation is 1. The molecule has 50 heavy (non-hydrogen) atoms. The minimum atomic E-state index is -1.78. The average Bonchev–Trinajstić information content (AvgIpc) is 3.93. The van der Waals surface area contributed by atoms with Crippen LogP contribution in [-0.4, -0.2) is 78.4 Å². The summed E-state index contributed by atoms with van der Waals surface area (Å²) in [5.74, 6) is -0.656. The molecule has 0 spiro atoms. The number of ether oxygens (including phenoxy) is 1. The molecule has 1 saturated heterocycles. The summed E-state index contributed by atoms with van der Waals surface area (Å²) < 4.78 is 7.81. The first-order chi connectivity index (χ1) is 24.3. The summed E-state index contributed by atoms with van der Waals surface area (Å²) in [6, 6.07) is 19.3. The quantitative estimate of drug-likeness (QED) is 0.109. The predicted molar refractivity (Wildman–Crippen MR) is 192 cm³/mol. The van der Waals surface area contributed by atoms with Crippen molar-refractivity contribution < 1.29 is 24.9 Å². The number of H-pyrrole nitrogens is 1. The second-order valence-corrected chi connectivity index (χ2v) is 14.4. The van der Waals surface area contributed by atoms with E-state index in [4.69, 9.17) is 4.74 Å². The number of rotatable bonds is 13. The van der Waals surface area contributed by atoms with Gasteiger partial charge in [-0.1, -0.05) is 29.5 Å². The number of nitrogens with one attached hydrogen (secondary N) is 2. The number of phenolic OH excluding ortho intramolecular Hbond substituents is 1. The van der Waals surface area contributed by atoms with Crippen LogP contribution in [0, 0.1) is 0 Å². The van der Waals surface area contributed by atoms with Crippen LogP contribution in [0.25, 0.3) is 21.9 Å². The fourth-order valence-corrected chi connectivity index (χ4v) is 8.24. The van der Waals surface area contributed by atoms with Gasteiger partial charge < -0.3 is 35.3 Å². The maximum Gasteiger partial charge on any atom is 0.349 e. The third-order valence-corrected chi connectivity index (χ3v) is 11.2. The van der Waals surface area contributed by atoms with Crippen LogP contribution in [0.15, 0.2) is 82.3 Å². The summed E-state index contributed by atoms with van der Waals surface area (Å²) in [5.41, 5.74) is 1.57. The van der Waals surface area contributed by atoms with Gasteiger partial charge in [-0.25, -0.2) is 9.48 Å². The number of phenols is 1. The van der Waals surface area contributed by atoms with Gasteiger partial charge >= 0.3 is 5.97 Å². The molecule has 2 aromatic carbocycles. The third-order valence-electron chi connectivity index (χ3n) is 9.21. The van der Waals surface area contributed by atoms with Crippen LogP contribution in [0.2, 0.25) is 0 Å². The van der Waals surface area contributed by atoms with E-state index >= 15 is 0 Å². The zero-order valence-electron chi connectivity index (χ0n) is 27.2. The summed E-state index contributed by atoms with van der Waals surface area (Å²) in [6.07, 6.45) is 1.23. The number of aromatic amines is 1. The number of aromatic nitrogens is 4. The Morgan fingerprint density at radius 1 is 1.04 bits per heavy atom. The van der Waals surface area contributed by atoms with Gasteiger partial charge in [-0.3, -0.25) is 4.79 Å². The maximum atomic E-state index is 13.3. The number of aliphatic hydroxyl groups excluding tert-OH is 1. The van der Waals surface area contributed by atoms with Crippen molar-refractivity contribution in [3.8, 4) is 5.75 Å². The lowest BCUT2D eigenvalue weighted by atomic mass is 9.99. The largest absolute Gasteiger partial charge is 0.506 e. The zero-order chi connectivity index (χ0) is 34.7. The van der Waals surface area contributed by atoms with E-state index in [2.05, 4.69) is 25.5 Å². The number of benzene rings is 2. The molecule has 1 atom stereocenters. The minimum absolute atomic E-state index is 0.0432. The molecule has 14 heteroatoms. The fraction of sp³-hybridized carbons (Fsp3) is 0.333. The molecule has 4 aromatic heterocycles. The molecule has 260 valence electrons. The number of hydrogen-bond donors (Lipinski definition) is 5. The zero-order valence-corrected chi connectivity index (χ0v) is 28.8. The number of nitrogens with zero attached hydrogens (tertiary/aromatic N) is 4. The number of thiophene rings is 2.